The van der Waals surface area contributed by atoms with Crippen LogP contribution < -0.4 is 15.9 Å². The number of nitrogens with two attached hydrogens (primary N) is 1. The van der Waals surface area contributed by atoms with Crippen LogP contribution in [0.4, 0.5) is 10.5 Å². The predicted molar refractivity (Wildman–Crippen MR) is 116 cm³/mol. The third kappa shape index (κ3) is 5.71. The molecule has 0 heterocycles. The summed E-state index contributed by atoms with van der Waals surface area (Å²) in [5, 5.41) is 7.95. The molecule has 3 N–H and O–H groups in total. The van der Waals surface area contributed by atoms with Gasteiger partial charge in [0.1, 0.15) is 19.5 Å². The first-order valence-electron chi connectivity index (χ1n) is 9.47. The summed E-state index contributed by atoms with van der Waals surface area (Å²) in [6.07, 6.45) is 0. The zero-order chi connectivity index (χ0) is 21.6. The molecule has 0 aromatic heterocycles. The second-order valence-corrected chi connectivity index (χ2v) is 7.22. The third-order valence-electron chi connectivity index (χ3n) is 4.55. The molecular formula is C22H30N4O3. The molecule has 156 valence electrons. The highest BCUT2D eigenvalue weighted by Gasteiger charge is 2.14. The number of oxime groups is 1. The van der Waals surface area contributed by atoms with Crippen molar-refractivity contribution < 1.29 is 14.4 Å². The molecule has 0 aliphatic carbocycles. The first-order chi connectivity index (χ1) is 13.7. The molecule has 0 aliphatic rings. The number of rotatable bonds is 7. The van der Waals surface area contributed by atoms with E-state index in [1.54, 1.807) is 7.11 Å². The standard InChI is InChI=1S/C22H30N4O3/c1-14(2)21(25-28-6)17-10-11-20(16(4)12-17)29-13-18-15(3)8-7-9-19(18)24-22(27)26(5)23/h7-12,14H,13,23H2,1-6H3,(H,24,27). The number of hydrazine groups is 1. The number of benzene rings is 2. The molecule has 7 nitrogen and oxygen atoms in total. The molecule has 0 bridgehead atoms. The second-order valence-electron chi connectivity index (χ2n) is 7.22. The van der Waals surface area contributed by atoms with Crippen molar-refractivity contribution in [2.24, 2.45) is 16.9 Å². The topological polar surface area (TPSA) is 89.2 Å². The highest BCUT2D eigenvalue weighted by atomic mass is 16.6. The van der Waals surface area contributed by atoms with E-state index in [0.29, 0.717) is 12.3 Å². The maximum atomic E-state index is 11.9. The minimum Gasteiger partial charge on any atom is -0.489 e. The Labute approximate surface area is 172 Å². The summed E-state index contributed by atoms with van der Waals surface area (Å²) in [5.74, 6) is 6.51. The summed E-state index contributed by atoms with van der Waals surface area (Å²) < 4.78 is 6.07. The van der Waals surface area contributed by atoms with Crippen molar-refractivity contribution in [1.29, 1.82) is 0 Å². The van der Waals surface area contributed by atoms with Crippen molar-refractivity contribution in [2.45, 2.75) is 34.3 Å². The van der Waals surface area contributed by atoms with E-state index in [2.05, 4.69) is 24.3 Å². The normalized spacial score (nSPS) is 11.4. The summed E-state index contributed by atoms with van der Waals surface area (Å²) >= 11 is 0. The molecule has 0 unspecified atom stereocenters. The highest BCUT2D eigenvalue weighted by Crippen LogP contribution is 2.26. The number of carbonyl (C=O) groups is 1. The van der Waals surface area contributed by atoms with E-state index < -0.39 is 6.03 Å². The van der Waals surface area contributed by atoms with Gasteiger partial charge in [0.25, 0.3) is 0 Å². The van der Waals surface area contributed by atoms with Gasteiger partial charge in [0.05, 0.1) is 5.71 Å². The first kappa shape index (κ1) is 22.2. The van der Waals surface area contributed by atoms with Crippen LogP contribution in [0.1, 0.15) is 36.1 Å². The van der Waals surface area contributed by atoms with E-state index in [1.165, 1.54) is 7.05 Å². The molecule has 0 aliphatic heterocycles. The van der Waals surface area contributed by atoms with Crippen LogP contribution in [0.15, 0.2) is 41.6 Å². The summed E-state index contributed by atoms with van der Waals surface area (Å²) in [6.45, 7) is 8.44. The Morgan fingerprint density at radius 3 is 2.52 bits per heavy atom. The molecule has 2 aromatic rings. The van der Waals surface area contributed by atoms with Gasteiger partial charge in [-0.25, -0.2) is 10.6 Å². The lowest BCUT2D eigenvalue weighted by molar-refractivity contribution is 0.212. The Balaban J connectivity index is 2.22. The van der Waals surface area contributed by atoms with E-state index in [1.807, 2.05) is 50.2 Å². The van der Waals surface area contributed by atoms with Crippen molar-refractivity contribution in [3.8, 4) is 5.75 Å². The Hall–Kier alpha value is -3.06. The maximum absolute atomic E-state index is 11.9. The quantitative estimate of drug-likeness (QED) is 0.316. The lowest BCUT2D eigenvalue weighted by atomic mass is 9.98. The molecule has 2 aromatic carbocycles. The van der Waals surface area contributed by atoms with Gasteiger partial charge >= 0.3 is 6.03 Å². The van der Waals surface area contributed by atoms with Crippen LogP contribution in [0.5, 0.6) is 5.75 Å². The average Bonchev–Trinajstić information content (AvgIpc) is 2.66. The number of nitrogens with one attached hydrogen (secondary N) is 1. The van der Waals surface area contributed by atoms with Crippen LogP contribution in [0.3, 0.4) is 0 Å². The fourth-order valence-electron chi connectivity index (χ4n) is 2.92. The van der Waals surface area contributed by atoms with E-state index >= 15 is 0 Å². The van der Waals surface area contributed by atoms with Gasteiger partial charge in [0, 0.05) is 23.9 Å². The van der Waals surface area contributed by atoms with Gasteiger partial charge in [0.15, 0.2) is 0 Å². The number of nitrogens with zero attached hydrogens (tertiary/aromatic N) is 2. The number of hydrogen-bond donors (Lipinski definition) is 2. The zero-order valence-corrected chi connectivity index (χ0v) is 17.9. The monoisotopic (exact) mass is 398 g/mol. The van der Waals surface area contributed by atoms with Gasteiger partial charge in [0.2, 0.25) is 0 Å². The number of carbonyl (C=O) groups excluding carboxylic acids is 1. The van der Waals surface area contributed by atoms with E-state index in [9.17, 15) is 4.79 Å². The number of hydrogen-bond acceptors (Lipinski definition) is 5. The fraction of sp³-hybridized carbons (Fsp3) is 0.364. The first-order valence-corrected chi connectivity index (χ1v) is 9.47. The van der Waals surface area contributed by atoms with Crippen molar-refractivity contribution in [3.63, 3.8) is 0 Å². The van der Waals surface area contributed by atoms with Crippen LogP contribution >= 0.6 is 0 Å². The molecule has 0 radical (unpaired) electrons. The third-order valence-corrected chi connectivity index (χ3v) is 4.55. The predicted octanol–water partition coefficient (Wildman–Crippen LogP) is 4.23. The Bertz CT molecular complexity index is 892. The van der Waals surface area contributed by atoms with Crippen LogP contribution in [-0.4, -0.2) is 30.9 Å². The fourth-order valence-corrected chi connectivity index (χ4v) is 2.92. The van der Waals surface area contributed by atoms with Gasteiger partial charge in [-0.3, -0.25) is 5.01 Å². The molecule has 0 spiro atoms. The summed E-state index contributed by atoms with van der Waals surface area (Å²) in [4.78, 5) is 16.9. The van der Waals surface area contributed by atoms with Gasteiger partial charge in [-0.1, -0.05) is 31.1 Å². The van der Waals surface area contributed by atoms with E-state index in [0.717, 1.165) is 38.7 Å². The van der Waals surface area contributed by atoms with Crippen LogP contribution in [0.2, 0.25) is 0 Å². The van der Waals surface area contributed by atoms with Gasteiger partial charge in [-0.15, -0.1) is 0 Å². The molecule has 7 heteroatoms. The van der Waals surface area contributed by atoms with Gasteiger partial charge in [-0.05, 0) is 55.2 Å². The number of aryl methyl sites for hydroxylation is 2. The van der Waals surface area contributed by atoms with Gasteiger partial charge in [-0.2, -0.15) is 0 Å². The van der Waals surface area contributed by atoms with Gasteiger partial charge < -0.3 is 14.9 Å². The summed E-state index contributed by atoms with van der Waals surface area (Å²) in [7, 11) is 3.04. The molecule has 0 saturated heterocycles. The zero-order valence-electron chi connectivity index (χ0n) is 17.9. The molecule has 0 fully saturated rings. The minimum absolute atomic E-state index is 0.236. The molecule has 0 saturated carbocycles. The minimum atomic E-state index is -0.393. The lowest BCUT2D eigenvalue weighted by Crippen LogP contribution is -2.37. The SMILES string of the molecule is CON=C(c1ccc(OCc2c(C)cccc2NC(=O)N(C)N)c(C)c1)C(C)C. The smallest absolute Gasteiger partial charge is 0.335 e. The van der Waals surface area contributed by atoms with Crippen LogP contribution in [0, 0.1) is 19.8 Å². The van der Waals surface area contributed by atoms with Crippen molar-refractivity contribution in [3.05, 3.63) is 58.7 Å². The molecule has 2 rings (SSSR count). The Morgan fingerprint density at radius 1 is 1.21 bits per heavy atom. The second kappa shape index (κ2) is 9.93. The molecule has 29 heavy (non-hydrogen) atoms. The van der Waals surface area contributed by atoms with E-state index in [4.69, 9.17) is 15.4 Å². The summed E-state index contributed by atoms with van der Waals surface area (Å²) in [5.41, 5.74) is 5.48. The van der Waals surface area contributed by atoms with Crippen LogP contribution in [0.25, 0.3) is 0 Å². The largest absolute Gasteiger partial charge is 0.489 e. The van der Waals surface area contributed by atoms with Crippen molar-refractivity contribution in [1.82, 2.24) is 5.01 Å². The highest BCUT2D eigenvalue weighted by molar-refractivity contribution is 6.01. The van der Waals surface area contributed by atoms with Crippen molar-refractivity contribution >= 4 is 17.4 Å². The van der Waals surface area contributed by atoms with E-state index in [-0.39, 0.29) is 5.92 Å². The molecular weight excluding hydrogens is 368 g/mol. The maximum Gasteiger partial charge on any atom is 0.335 e. The Morgan fingerprint density at radius 2 is 1.93 bits per heavy atom. The Kier molecular flexibility index (Phi) is 7.61. The number of urea groups is 1. The molecule has 0 atom stereocenters. The number of amides is 2. The van der Waals surface area contributed by atoms with Crippen molar-refractivity contribution in [2.75, 3.05) is 19.5 Å². The van der Waals surface area contributed by atoms with Crippen LogP contribution in [-0.2, 0) is 11.4 Å². The molecule has 2 amide bonds. The number of anilines is 1. The number of ether oxygens (including phenoxy) is 1. The summed E-state index contributed by atoms with van der Waals surface area (Å²) in [6, 6.07) is 11.2. The average molecular weight is 399 g/mol. The lowest BCUT2D eigenvalue weighted by Gasteiger charge is -2.18.